The fourth-order valence-electron chi connectivity index (χ4n) is 5.12. The van der Waals surface area contributed by atoms with Crippen LogP contribution in [0, 0.1) is 14.9 Å². The van der Waals surface area contributed by atoms with Crippen LogP contribution in [0.15, 0.2) is 36.4 Å². The molecule has 0 amide bonds. The van der Waals surface area contributed by atoms with Crippen molar-refractivity contribution in [3.05, 3.63) is 67.9 Å². The molecule has 2 heteroatoms. The molecule has 0 bridgehead atoms. The smallest absolute Gasteiger partial charge is 0.358 e. The minimum absolute atomic E-state index is 0. The van der Waals surface area contributed by atoms with Crippen LogP contribution < -0.4 is 5.30 Å². The van der Waals surface area contributed by atoms with Crippen molar-refractivity contribution >= 4 is 13.2 Å². The van der Waals surface area contributed by atoms with Gasteiger partial charge in [-0.25, -0.2) is 0 Å². The zero-order chi connectivity index (χ0) is 23.0. The van der Waals surface area contributed by atoms with Gasteiger partial charge in [0.2, 0.25) is 0 Å². The molecule has 0 heterocycles. The number of benzene rings is 2. The first kappa shape index (κ1) is 34.7. The predicted octanol–water partition coefficient (Wildman–Crippen LogP) is 10.1. The summed E-state index contributed by atoms with van der Waals surface area (Å²) in [5.74, 6) is 1.56. The third kappa shape index (κ3) is 8.03. The molecule has 0 fully saturated rings. The van der Waals surface area contributed by atoms with Gasteiger partial charge in [0.05, 0.1) is 10.3 Å². The maximum Gasteiger partial charge on any atom is 2.00 e. The number of hydrogen-bond acceptors (Lipinski definition) is 0. The molecule has 190 valence electrons. The summed E-state index contributed by atoms with van der Waals surface area (Å²) in [5, 5.41) is 2.17. The number of rotatable bonds is 5. The Hall–Kier alpha value is -0.468. The normalized spacial score (nSPS) is 12.0. The van der Waals surface area contributed by atoms with E-state index in [4.69, 9.17) is 0 Å². The first-order chi connectivity index (χ1) is 13.7. The van der Waals surface area contributed by atoms with E-state index < -0.39 is 7.92 Å². The minimum Gasteiger partial charge on any atom is -0.358 e. The van der Waals surface area contributed by atoms with E-state index in [1.54, 1.807) is 5.30 Å². The minimum atomic E-state index is -0.840. The van der Waals surface area contributed by atoms with Gasteiger partial charge in [-0.3, -0.25) is 0 Å². The van der Waals surface area contributed by atoms with Gasteiger partial charge in [0.15, 0.2) is 0 Å². The van der Waals surface area contributed by atoms with Crippen molar-refractivity contribution in [2.75, 3.05) is 0 Å². The molecule has 0 saturated heterocycles. The molecular weight excluding hydrogens is 510 g/mol. The molecule has 0 unspecified atom stereocenters. The van der Waals surface area contributed by atoms with Crippen LogP contribution >= 0.6 is 7.92 Å². The first-order valence-electron chi connectivity index (χ1n) is 11.8. The second-order valence-corrected chi connectivity index (χ2v) is 16.2. The van der Waals surface area contributed by atoms with Crippen LogP contribution in [0.2, 0.25) is 0 Å². The van der Waals surface area contributed by atoms with E-state index in [-0.39, 0.29) is 45.6 Å². The van der Waals surface area contributed by atoms with Gasteiger partial charge < -0.3 is 14.9 Å². The van der Waals surface area contributed by atoms with Crippen molar-refractivity contribution in [1.82, 2.24) is 0 Å². The Morgan fingerprint density at radius 3 is 1.36 bits per heavy atom. The second kappa shape index (κ2) is 13.0. The Bertz CT molecular complexity index is 820. The van der Waals surface area contributed by atoms with Gasteiger partial charge in [0.1, 0.15) is 5.30 Å². The Morgan fingerprint density at radius 1 is 0.636 bits per heavy atom. The average Bonchev–Trinajstić information content (AvgIpc) is 2.58. The molecule has 0 aliphatic heterocycles. The fraction of sp³-hybridized carbons (Fsp3) is 0.548. The monoisotopic (exact) mass is 561 g/mol. The van der Waals surface area contributed by atoms with E-state index in [0.29, 0.717) is 17.8 Å². The van der Waals surface area contributed by atoms with Crippen molar-refractivity contribution in [3.63, 3.8) is 0 Å². The van der Waals surface area contributed by atoms with E-state index in [9.17, 15) is 0 Å². The molecular formula is C31H52PPd+. The van der Waals surface area contributed by atoms with Crippen LogP contribution in [0.25, 0.3) is 11.1 Å². The third-order valence-corrected chi connectivity index (χ3v) is 10.1. The van der Waals surface area contributed by atoms with Gasteiger partial charge in [-0.05, 0) is 87.6 Å². The largest absolute Gasteiger partial charge is 2.00 e. The standard InChI is InChI=1S/C29H45P.2CH3.Pd/c1-19(2)22-17-24(20(3)4)27(25(18-22)21(5)6)23-15-13-14-16-26(23)30(28(7,8)9)29(10,11)12;;;/h13-21H,1-12H3;2*1H3;/q;2*-1;+2/p+1. The maximum atomic E-state index is 2.49. The Morgan fingerprint density at radius 2 is 1.03 bits per heavy atom. The molecule has 2 aromatic carbocycles. The molecule has 0 nitrogen and oxygen atoms in total. The predicted molar refractivity (Wildman–Crippen MR) is 154 cm³/mol. The van der Waals surface area contributed by atoms with Crippen molar-refractivity contribution in [2.24, 2.45) is 0 Å². The summed E-state index contributed by atoms with van der Waals surface area (Å²) in [6, 6.07) is 14.3. The summed E-state index contributed by atoms with van der Waals surface area (Å²) in [6.07, 6.45) is 0. The molecule has 0 N–H and O–H groups in total. The first-order valence-corrected chi connectivity index (χ1v) is 13.3. The fourth-order valence-corrected chi connectivity index (χ4v) is 9.73. The van der Waals surface area contributed by atoms with Crippen LogP contribution in [-0.4, -0.2) is 10.3 Å². The van der Waals surface area contributed by atoms with E-state index in [0.717, 1.165) is 0 Å². The van der Waals surface area contributed by atoms with Gasteiger partial charge in [-0.1, -0.05) is 71.9 Å². The summed E-state index contributed by atoms with van der Waals surface area (Å²) in [7, 11) is -0.840. The van der Waals surface area contributed by atoms with Gasteiger partial charge in [-0.15, -0.1) is 0 Å². The summed E-state index contributed by atoms with van der Waals surface area (Å²) >= 11 is 0. The van der Waals surface area contributed by atoms with Crippen molar-refractivity contribution in [3.8, 4) is 11.1 Å². The van der Waals surface area contributed by atoms with Crippen molar-refractivity contribution < 1.29 is 20.4 Å². The average molecular weight is 562 g/mol. The van der Waals surface area contributed by atoms with E-state index in [1.165, 1.54) is 27.8 Å². The topological polar surface area (TPSA) is 0 Å². The zero-order valence-electron chi connectivity index (χ0n) is 24.0. The SMILES string of the molecule is CC(C)c1cc(C(C)C)c(-c2ccccc2[PH+](C(C)(C)C)C(C)(C)C)c(C(C)C)c1.[CH3-].[CH3-].[Pd+2]. The molecule has 33 heavy (non-hydrogen) atoms. The van der Waals surface area contributed by atoms with Crippen LogP contribution in [0.5, 0.6) is 0 Å². The van der Waals surface area contributed by atoms with E-state index in [2.05, 4.69) is 119 Å². The van der Waals surface area contributed by atoms with Gasteiger partial charge in [0.25, 0.3) is 0 Å². The van der Waals surface area contributed by atoms with Crippen LogP contribution in [0.4, 0.5) is 0 Å². The second-order valence-electron chi connectivity index (χ2n) is 12.0. The summed E-state index contributed by atoms with van der Waals surface area (Å²) in [4.78, 5) is 0. The van der Waals surface area contributed by atoms with E-state index in [1.807, 2.05) is 0 Å². The van der Waals surface area contributed by atoms with Crippen molar-refractivity contribution in [2.45, 2.75) is 111 Å². The van der Waals surface area contributed by atoms with Crippen molar-refractivity contribution in [1.29, 1.82) is 0 Å². The molecule has 0 atom stereocenters. The molecule has 0 aliphatic carbocycles. The third-order valence-electron chi connectivity index (χ3n) is 6.10. The maximum absolute atomic E-state index is 2.49. The summed E-state index contributed by atoms with van der Waals surface area (Å²) in [5.41, 5.74) is 7.50. The Labute approximate surface area is 223 Å². The molecule has 0 radical (unpaired) electrons. The molecule has 0 saturated carbocycles. The van der Waals surface area contributed by atoms with Gasteiger partial charge >= 0.3 is 20.4 Å². The summed E-state index contributed by atoms with van der Waals surface area (Å²) < 4.78 is 0. The molecule has 0 aliphatic rings. The quantitative estimate of drug-likeness (QED) is 0.193. The molecule has 2 aromatic rings. The molecule has 2 rings (SSSR count). The van der Waals surface area contributed by atoms with Gasteiger partial charge in [-0.2, -0.15) is 0 Å². The Kier molecular flexibility index (Phi) is 13.7. The number of hydrogen-bond donors (Lipinski definition) is 0. The van der Waals surface area contributed by atoms with Crippen LogP contribution in [-0.2, 0) is 20.4 Å². The van der Waals surface area contributed by atoms with Crippen LogP contribution in [0.3, 0.4) is 0 Å². The summed E-state index contributed by atoms with van der Waals surface area (Å²) in [6.45, 7) is 28.7. The Balaban J connectivity index is 0. The molecule has 0 aromatic heterocycles. The van der Waals surface area contributed by atoms with E-state index >= 15 is 0 Å². The molecule has 0 spiro atoms. The van der Waals surface area contributed by atoms with Crippen LogP contribution in [0.1, 0.15) is 118 Å². The zero-order valence-corrected chi connectivity index (χ0v) is 26.6. The van der Waals surface area contributed by atoms with Gasteiger partial charge in [0, 0.05) is 13.5 Å².